The molecular weight excluding hydrogens is 813 g/mol. The van der Waals surface area contributed by atoms with E-state index in [0.29, 0.717) is 11.3 Å². The molecule has 67 heavy (non-hydrogen) atoms. The second kappa shape index (κ2) is 21.7. The molecule has 334 valence electrons. The Morgan fingerprint density at radius 1 is 0.552 bits per heavy atom. The minimum atomic E-state index is -0.120. The Morgan fingerprint density at radius 3 is 1.42 bits per heavy atom. The second-order valence-corrected chi connectivity index (χ2v) is 18.1. The van der Waals surface area contributed by atoms with Gasteiger partial charge in [0.1, 0.15) is 0 Å². The third-order valence-corrected chi connectivity index (χ3v) is 13.4. The number of aryl methyl sites for hydroxylation is 1. The Balaban J connectivity index is 1.40. The predicted octanol–water partition coefficient (Wildman–Crippen LogP) is 18.5. The fraction of sp³-hybridized carbons (Fsp3) is 0.238. The highest BCUT2D eigenvalue weighted by atomic mass is 15.2. The van der Waals surface area contributed by atoms with Crippen LogP contribution in [0.3, 0.4) is 0 Å². The summed E-state index contributed by atoms with van der Waals surface area (Å²) in [6.45, 7) is 16.7. The molecule has 0 fully saturated rings. The van der Waals surface area contributed by atoms with Gasteiger partial charge in [-0.25, -0.2) is 4.85 Å². The number of unbranched alkanes of at least 4 members (excludes halogenated alkanes) is 6. The monoisotopic (exact) mass is 874 g/mol. The largest absolute Gasteiger partial charge is 0.310 e. The van der Waals surface area contributed by atoms with Crippen LogP contribution in [0.1, 0.15) is 118 Å². The van der Waals surface area contributed by atoms with Gasteiger partial charge in [-0.3, -0.25) is 0 Å². The highest BCUT2D eigenvalue weighted by molar-refractivity contribution is 5.98. The third-order valence-electron chi connectivity index (χ3n) is 13.4. The van der Waals surface area contributed by atoms with Crippen LogP contribution >= 0.6 is 0 Å². The lowest BCUT2D eigenvalue weighted by molar-refractivity contribution is 0.401. The summed E-state index contributed by atoms with van der Waals surface area (Å²) in [5, 5.41) is 11.4. The van der Waals surface area contributed by atoms with Gasteiger partial charge < -0.3 is 9.80 Å². The Morgan fingerprint density at radius 2 is 0.985 bits per heavy atom. The molecule has 1 aliphatic carbocycles. The summed E-state index contributed by atoms with van der Waals surface area (Å²) in [7, 11) is 0. The number of rotatable bonds is 19. The van der Waals surface area contributed by atoms with Crippen LogP contribution in [-0.2, 0) is 5.41 Å². The third kappa shape index (κ3) is 10.1. The maximum atomic E-state index is 11.4. The molecule has 0 aliphatic heterocycles. The lowest BCUT2D eigenvalue weighted by atomic mass is 9.70. The molecule has 7 aromatic carbocycles. The number of hydrogen-bond acceptors (Lipinski definition) is 3. The number of allylic oxidation sites excluding steroid dienone is 2. The summed E-state index contributed by atoms with van der Waals surface area (Å²) in [5.41, 5.74) is 16.2. The average molecular weight is 875 g/mol. The first-order valence-electron chi connectivity index (χ1n) is 24.3. The molecule has 0 N–H and O–H groups in total. The van der Waals surface area contributed by atoms with E-state index in [4.69, 9.17) is 6.57 Å². The number of para-hydroxylation sites is 4. The predicted molar refractivity (Wildman–Crippen MR) is 284 cm³/mol. The number of fused-ring (bicyclic) bond motifs is 3. The molecule has 7 aromatic rings. The van der Waals surface area contributed by atoms with Gasteiger partial charge in [-0.15, -0.1) is 0 Å². The van der Waals surface area contributed by atoms with E-state index in [1.807, 2.05) is 37.3 Å². The Bertz CT molecular complexity index is 2830. The van der Waals surface area contributed by atoms with E-state index in [2.05, 4.69) is 193 Å². The molecule has 0 unspecified atom stereocenters. The second-order valence-electron chi connectivity index (χ2n) is 18.1. The summed E-state index contributed by atoms with van der Waals surface area (Å²) < 4.78 is 0. The van der Waals surface area contributed by atoms with Gasteiger partial charge >= 0.3 is 0 Å². The van der Waals surface area contributed by atoms with Crippen molar-refractivity contribution in [1.82, 2.24) is 0 Å². The van der Waals surface area contributed by atoms with E-state index in [-0.39, 0.29) is 5.41 Å². The molecule has 4 heteroatoms. The first-order valence-corrected chi connectivity index (χ1v) is 24.3. The van der Waals surface area contributed by atoms with Crippen LogP contribution in [0, 0.1) is 24.8 Å². The highest BCUT2D eigenvalue weighted by Gasteiger charge is 2.42. The highest BCUT2D eigenvalue weighted by Crippen LogP contribution is 2.55. The van der Waals surface area contributed by atoms with Crippen molar-refractivity contribution < 1.29 is 0 Å². The van der Waals surface area contributed by atoms with Gasteiger partial charge in [0, 0.05) is 33.7 Å². The van der Waals surface area contributed by atoms with Crippen molar-refractivity contribution in [3.8, 4) is 17.2 Å². The minimum absolute atomic E-state index is 0.120. The SMILES string of the molecule is [C-]#[N+]/C(C)=C\c1cc(N(c2ccccc2)c2ccccc2)c(/C=C(\C#N)c2ccc3c(c2)C(CCCCCC)(CCCCCC)c2cc(C)ccc2-3)cc1N(c1ccccc1)c1ccccc1. The van der Waals surface area contributed by atoms with Crippen LogP contribution in [0.25, 0.3) is 33.7 Å². The van der Waals surface area contributed by atoms with Gasteiger partial charge in [0.05, 0.1) is 29.6 Å². The Kier molecular flexibility index (Phi) is 15.0. The van der Waals surface area contributed by atoms with E-state index < -0.39 is 0 Å². The molecule has 8 rings (SSSR count). The van der Waals surface area contributed by atoms with Crippen molar-refractivity contribution in [3.05, 3.63) is 220 Å². The van der Waals surface area contributed by atoms with Crippen LogP contribution in [0.2, 0.25) is 0 Å². The van der Waals surface area contributed by atoms with Crippen LogP contribution in [-0.4, -0.2) is 0 Å². The summed E-state index contributed by atoms with van der Waals surface area (Å²) in [6.07, 6.45) is 16.0. The van der Waals surface area contributed by atoms with Crippen LogP contribution in [0.15, 0.2) is 176 Å². The van der Waals surface area contributed by atoms with Gasteiger partial charge in [0.25, 0.3) is 0 Å². The van der Waals surface area contributed by atoms with Crippen molar-refractivity contribution in [3.63, 3.8) is 0 Å². The van der Waals surface area contributed by atoms with Gasteiger partial charge in [0.15, 0.2) is 5.70 Å². The van der Waals surface area contributed by atoms with Crippen molar-refractivity contribution in [2.24, 2.45) is 0 Å². The number of benzene rings is 7. The average Bonchev–Trinajstić information content (AvgIpc) is 3.63. The summed E-state index contributed by atoms with van der Waals surface area (Å²) >= 11 is 0. The van der Waals surface area contributed by atoms with E-state index in [1.165, 1.54) is 79.2 Å². The fourth-order valence-corrected chi connectivity index (χ4v) is 10.1. The van der Waals surface area contributed by atoms with E-state index in [9.17, 15) is 5.26 Å². The maximum Gasteiger partial charge on any atom is 0.163 e. The molecule has 0 bridgehead atoms. The number of anilines is 6. The lowest BCUT2D eigenvalue weighted by Gasteiger charge is -2.33. The molecule has 0 aromatic heterocycles. The molecular formula is C63H62N4. The number of nitriles is 1. The van der Waals surface area contributed by atoms with Crippen LogP contribution in [0.4, 0.5) is 34.1 Å². The summed E-state index contributed by atoms with van der Waals surface area (Å²) in [5.74, 6) is 0. The van der Waals surface area contributed by atoms with Gasteiger partial charge in [-0.1, -0.05) is 180 Å². The Labute approximate surface area is 400 Å². The summed E-state index contributed by atoms with van der Waals surface area (Å²) in [6, 6.07) is 62.6. The molecule has 0 spiro atoms. The molecule has 1 aliphatic rings. The minimum Gasteiger partial charge on any atom is -0.310 e. The number of nitrogens with zero attached hydrogens (tertiary/aromatic N) is 4. The quantitative estimate of drug-likeness (QED) is 0.0351. The normalized spacial score (nSPS) is 12.7. The van der Waals surface area contributed by atoms with E-state index in [0.717, 1.165) is 63.7 Å². The molecule has 0 saturated carbocycles. The van der Waals surface area contributed by atoms with Gasteiger partial charge in [-0.05, 0) is 133 Å². The molecule has 0 saturated heterocycles. The lowest BCUT2D eigenvalue weighted by Crippen LogP contribution is -2.26. The van der Waals surface area contributed by atoms with Crippen molar-refractivity contribution in [1.29, 1.82) is 5.26 Å². The molecule has 0 heterocycles. The Hall–Kier alpha value is -7.40. The zero-order chi connectivity index (χ0) is 46.6. The molecule has 4 nitrogen and oxygen atoms in total. The molecule has 0 radical (unpaired) electrons. The summed E-state index contributed by atoms with van der Waals surface area (Å²) in [4.78, 5) is 8.41. The number of hydrogen-bond donors (Lipinski definition) is 0. The van der Waals surface area contributed by atoms with Crippen molar-refractivity contribution >= 4 is 51.8 Å². The van der Waals surface area contributed by atoms with Crippen molar-refractivity contribution in [2.45, 2.75) is 97.3 Å². The maximum absolute atomic E-state index is 11.4. The molecule has 0 atom stereocenters. The first-order chi connectivity index (χ1) is 32.9. The topological polar surface area (TPSA) is 34.6 Å². The standard InChI is InChI=1S/C63H62N4/c1-6-8-10-24-38-63(39-25-11-9-7-2)59-40-47(3)34-36-57(59)58-37-35-49(43-60(58)63)52(46-64)42-51-45-61(66(53-26-16-12-17-27-53)54-28-18-13-19-29-54)50(41-48(4)65-5)44-62(51)67(55-30-20-14-21-31-55)56-32-22-15-23-33-56/h12-23,26-37,40-45H,6-11,24-25,38-39H2,1-4H3/b48-41-,52-42+. The zero-order valence-electron chi connectivity index (χ0n) is 39.7. The van der Waals surface area contributed by atoms with Crippen LogP contribution in [0.5, 0.6) is 0 Å². The molecule has 0 amide bonds. The zero-order valence-corrected chi connectivity index (χ0v) is 39.7. The van der Waals surface area contributed by atoms with Gasteiger partial charge in [0.2, 0.25) is 0 Å². The fourth-order valence-electron chi connectivity index (χ4n) is 10.1. The van der Waals surface area contributed by atoms with E-state index >= 15 is 0 Å². The van der Waals surface area contributed by atoms with Crippen LogP contribution < -0.4 is 9.80 Å². The first kappa shape index (κ1) is 46.1. The van der Waals surface area contributed by atoms with Crippen molar-refractivity contribution in [2.75, 3.05) is 9.80 Å². The van der Waals surface area contributed by atoms with E-state index in [1.54, 1.807) is 0 Å². The smallest absolute Gasteiger partial charge is 0.163 e. The van der Waals surface area contributed by atoms with Gasteiger partial charge in [-0.2, -0.15) is 5.26 Å².